The number of carbonyl (C=O) groups is 1. The van der Waals surface area contributed by atoms with E-state index in [9.17, 15) is 22.4 Å². The van der Waals surface area contributed by atoms with Crippen molar-refractivity contribution >= 4 is 23.4 Å². The second kappa shape index (κ2) is 9.46. The molecule has 0 radical (unpaired) electrons. The molecule has 168 valence electrons. The van der Waals surface area contributed by atoms with E-state index >= 15 is 0 Å². The monoisotopic (exact) mass is 441 g/mol. The van der Waals surface area contributed by atoms with Crippen LogP contribution < -0.4 is 15.5 Å². The third kappa shape index (κ3) is 5.81. The van der Waals surface area contributed by atoms with Crippen molar-refractivity contribution in [3.63, 3.8) is 0 Å². The zero-order valence-corrected chi connectivity index (χ0v) is 16.8. The van der Waals surface area contributed by atoms with Gasteiger partial charge in [0.05, 0.1) is 5.56 Å². The number of nitrogens with one attached hydrogen (secondary N) is 2. The van der Waals surface area contributed by atoms with Crippen LogP contribution in [0.4, 0.5) is 35.0 Å². The fraction of sp³-hybridized carbons (Fsp3) is 0.450. The van der Waals surface area contributed by atoms with Crippen LogP contribution >= 0.6 is 0 Å². The van der Waals surface area contributed by atoms with E-state index in [0.29, 0.717) is 43.5 Å². The van der Waals surface area contributed by atoms with E-state index in [2.05, 4.69) is 20.6 Å². The minimum atomic E-state index is -4.82. The molecule has 1 fully saturated rings. The number of aliphatic hydroxyl groups excluding tert-OH is 1. The maximum atomic E-state index is 13.6. The topological polar surface area (TPSA) is 90.4 Å². The predicted octanol–water partition coefficient (Wildman–Crippen LogP) is 3.02. The number of hydrogen-bond acceptors (Lipinski definition) is 6. The van der Waals surface area contributed by atoms with Crippen molar-refractivity contribution in [1.29, 1.82) is 0 Å². The summed E-state index contributed by atoms with van der Waals surface area (Å²) in [5.41, 5.74) is -0.650. The first-order chi connectivity index (χ1) is 14.7. The molecule has 0 spiro atoms. The smallest absolute Gasteiger partial charge is 0.387 e. The molecular formula is C20H23F4N5O2. The van der Waals surface area contributed by atoms with Crippen molar-refractivity contribution in [2.24, 2.45) is 0 Å². The van der Waals surface area contributed by atoms with Crippen molar-refractivity contribution in [2.45, 2.75) is 38.4 Å². The van der Waals surface area contributed by atoms with Gasteiger partial charge in [-0.2, -0.15) is 18.2 Å². The second-order valence-corrected chi connectivity index (χ2v) is 7.27. The molecule has 1 saturated heterocycles. The number of halogens is 4. The van der Waals surface area contributed by atoms with Gasteiger partial charge in [-0.3, -0.25) is 4.79 Å². The van der Waals surface area contributed by atoms with Gasteiger partial charge < -0.3 is 20.6 Å². The third-order valence-electron chi connectivity index (χ3n) is 4.82. The lowest BCUT2D eigenvalue weighted by Gasteiger charge is -2.20. The number of anilines is 3. The number of aromatic nitrogens is 2. The molecule has 0 unspecified atom stereocenters. The molecule has 0 aliphatic carbocycles. The Morgan fingerprint density at radius 3 is 2.74 bits per heavy atom. The fourth-order valence-corrected chi connectivity index (χ4v) is 3.39. The maximum absolute atomic E-state index is 13.6. The zero-order chi connectivity index (χ0) is 22.6. The van der Waals surface area contributed by atoms with Crippen molar-refractivity contribution in [3.05, 3.63) is 41.3 Å². The van der Waals surface area contributed by atoms with Crippen LogP contribution in [0.25, 0.3) is 0 Å². The average molecular weight is 441 g/mol. The van der Waals surface area contributed by atoms with E-state index in [-0.39, 0.29) is 17.7 Å². The van der Waals surface area contributed by atoms with Crippen molar-refractivity contribution in [2.75, 3.05) is 29.9 Å². The van der Waals surface area contributed by atoms with Crippen LogP contribution in [0, 0.1) is 5.82 Å². The first-order valence-corrected chi connectivity index (χ1v) is 9.86. The van der Waals surface area contributed by atoms with Crippen molar-refractivity contribution in [3.8, 4) is 0 Å². The number of hydrogen-bond donors (Lipinski definition) is 3. The summed E-state index contributed by atoms with van der Waals surface area (Å²) in [7, 11) is 0. The Morgan fingerprint density at radius 2 is 2.06 bits per heavy atom. The van der Waals surface area contributed by atoms with Gasteiger partial charge in [0, 0.05) is 36.6 Å². The summed E-state index contributed by atoms with van der Waals surface area (Å²) in [5, 5.41) is 14.3. The molecule has 11 heteroatoms. The van der Waals surface area contributed by atoms with Crippen LogP contribution in [0.15, 0.2) is 24.3 Å². The van der Waals surface area contributed by atoms with Crippen molar-refractivity contribution < 1.29 is 27.5 Å². The molecule has 1 atom stereocenters. The Kier molecular flexibility index (Phi) is 6.94. The quantitative estimate of drug-likeness (QED) is 0.573. The number of rotatable bonds is 7. The van der Waals surface area contributed by atoms with Gasteiger partial charge in [-0.15, -0.1) is 0 Å². The standard InChI is InChI=1S/C20H23F4N5O2/c1-2-3-12-9-17(29-7-6-14(10-29)25-18(31)11-30)28-19(26-12)27-13-4-5-16(21)15(8-13)20(22,23)24/h4-5,8-9,14,30H,2-3,6-7,10-11H2,1H3,(H,25,31)(H,26,27,28)/t14-/m0/s1. The molecule has 1 amide bonds. The summed E-state index contributed by atoms with van der Waals surface area (Å²) < 4.78 is 52.6. The number of carbonyl (C=O) groups excluding carboxylic acids is 1. The Labute approximate surface area is 176 Å². The zero-order valence-electron chi connectivity index (χ0n) is 16.8. The normalized spacial score (nSPS) is 16.5. The maximum Gasteiger partial charge on any atom is 0.419 e. The van der Waals surface area contributed by atoms with Gasteiger partial charge in [-0.05, 0) is 31.0 Å². The number of aliphatic hydroxyl groups is 1. The van der Waals surface area contributed by atoms with Gasteiger partial charge in [0.15, 0.2) is 0 Å². The first kappa shape index (κ1) is 22.7. The molecule has 31 heavy (non-hydrogen) atoms. The summed E-state index contributed by atoms with van der Waals surface area (Å²) in [6.07, 6.45) is -2.71. The predicted molar refractivity (Wildman–Crippen MR) is 107 cm³/mol. The molecule has 2 heterocycles. The van der Waals surface area contributed by atoms with Crippen LogP contribution in [0.1, 0.15) is 31.0 Å². The number of benzene rings is 1. The number of nitrogens with zero attached hydrogens (tertiary/aromatic N) is 3. The lowest BCUT2D eigenvalue weighted by molar-refractivity contribution is -0.140. The van der Waals surface area contributed by atoms with Crippen molar-refractivity contribution in [1.82, 2.24) is 15.3 Å². The lowest BCUT2D eigenvalue weighted by atomic mass is 10.2. The lowest BCUT2D eigenvalue weighted by Crippen LogP contribution is -2.38. The highest BCUT2D eigenvalue weighted by atomic mass is 19.4. The number of alkyl halides is 3. The number of aryl methyl sites for hydroxylation is 1. The van der Waals surface area contributed by atoms with E-state index in [0.717, 1.165) is 12.5 Å². The van der Waals surface area contributed by atoms with Gasteiger partial charge in [0.2, 0.25) is 11.9 Å². The SMILES string of the molecule is CCCc1cc(N2CC[C@H](NC(=O)CO)C2)nc(Nc2ccc(F)c(C(F)(F)F)c2)n1. The fourth-order valence-electron chi connectivity index (χ4n) is 3.39. The van der Waals surface area contributed by atoms with E-state index in [4.69, 9.17) is 5.11 Å². The molecule has 3 rings (SSSR count). The van der Waals surface area contributed by atoms with Gasteiger partial charge >= 0.3 is 6.18 Å². The van der Waals surface area contributed by atoms with Crippen LogP contribution in [0.3, 0.4) is 0 Å². The second-order valence-electron chi connectivity index (χ2n) is 7.27. The highest BCUT2D eigenvalue weighted by Gasteiger charge is 2.34. The highest BCUT2D eigenvalue weighted by Crippen LogP contribution is 2.33. The molecular weight excluding hydrogens is 418 g/mol. The first-order valence-electron chi connectivity index (χ1n) is 9.86. The molecule has 1 aromatic carbocycles. The average Bonchev–Trinajstić information content (AvgIpc) is 3.17. The van der Waals surface area contributed by atoms with Crippen LogP contribution in [-0.4, -0.2) is 46.7 Å². The molecule has 0 saturated carbocycles. The molecule has 1 aliphatic heterocycles. The third-order valence-corrected chi connectivity index (χ3v) is 4.82. The Morgan fingerprint density at radius 1 is 1.29 bits per heavy atom. The largest absolute Gasteiger partial charge is 0.419 e. The minimum Gasteiger partial charge on any atom is -0.387 e. The molecule has 0 bridgehead atoms. The van der Waals surface area contributed by atoms with E-state index in [1.54, 1.807) is 6.07 Å². The molecule has 7 nitrogen and oxygen atoms in total. The Hall–Kier alpha value is -2.95. The minimum absolute atomic E-state index is 0.0165. The summed E-state index contributed by atoms with van der Waals surface area (Å²) >= 11 is 0. The molecule has 1 aliphatic rings. The van der Waals surface area contributed by atoms with E-state index in [1.165, 1.54) is 6.07 Å². The Balaban J connectivity index is 1.84. The molecule has 1 aromatic heterocycles. The van der Waals surface area contributed by atoms with Gasteiger partial charge in [-0.25, -0.2) is 9.37 Å². The summed E-state index contributed by atoms with van der Waals surface area (Å²) in [6, 6.07) is 4.28. The summed E-state index contributed by atoms with van der Waals surface area (Å²) in [4.78, 5) is 22.1. The Bertz CT molecular complexity index is 938. The number of amides is 1. The van der Waals surface area contributed by atoms with Gasteiger partial charge in [0.1, 0.15) is 18.2 Å². The highest BCUT2D eigenvalue weighted by molar-refractivity contribution is 5.77. The van der Waals surface area contributed by atoms with E-state index in [1.807, 2.05) is 11.8 Å². The van der Waals surface area contributed by atoms with Crippen LogP contribution in [0.5, 0.6) is 0 Å². The van der Waals surface area contributed by atoms with Crippen LogP contribution in [-0.2, 0) is 17.4 Å². The molecule has 2 aromatic rings. The summed E-state index contributed by atoms with van der Waals surface area (Å²) in [6.45, 7) is 2.47. The van der Waals surface area contributed by atoms with E-state index < -0.39 is 30.1 Å². The summed E-state index contributed by atoms with van der Waals surface area (Å²) in [5.74, 6) is -1.14. The van der Waals surface area contributed by atoms with Gasteiger partial charge in [0.25, 0.3) is 0 Å². The molecule has 3 N–H and O–H groups in total. The van der Waals surface area contributed by atoms with Crippen LogP contribution in [0.2, 0.25) is 0 Å². The van der Waals surface area contributed by atoms with Gasteiger partial charge in [-0.1, -0.05) is 13.3 Å².